The molecule has 0 radical (unpaired) electrons. The molecule has 1 atom stereocenters. The van der Waals surface area contributed by atoms with Crippen LogP contribution in [0, 0.1) is 0 Å². The molecule has 0 fully saturated rings. The molecule has 2 amide bonds. The van der Waals surface area contributed by atoms with Gasteiger partial charge in [-0.05, 0) is 39.0 Å². The van der Waals surface area contributed by atoms with Gasteiger partial charge >= 0.3 is 0 Å². The summed E-state index contributed by atoms with van der Waals surface area (Å²) >= 11 is 0. The van der Waals surface area contributed by atoms with E-state index in [1.807, 2.05) is 6.92 Å². The van der Waals surface area contributed by atoms with Crippen molar-refractivity contribution < 1.29 is 19.1 Å². The predicted octanol–water partition coefficient (Wildman–Crippen LogP) is 1.08. The molecule has 1 aromatic rings. The highest BCUT2D eigenvalue weighted by atomic mass is 16.5. The van der Waals surface area contributed by atoms with Gasteiger partial charge in [-0.15, -0.1) is 0 Å². The molecular formula is C16H22N2O4. The molecule has 0 unspecified atom stereocenters. The Bertz CT molecular complexity index is 569. The van der Waals surface area contributed by atoms with Crippen molar-refractivity contribution in [3.8, 4) is 5.75 Å². The molecule has 0 aliphatic carbocycles. The third-order valence-electron chi connectivity index (χ3n) is 3.16. The second-order valence-corrected chi connectivity index (χ2v) is 4.94. The van der Waals surface area contributed by atoms with Gasteiger partial charge in [0, 0.05) is 17.7 Å². The largest absolute Gasteiger partial charge is 0.496 e. The van der Waals surface area contributed by atoms with Crippen LogP contribution >= 0.6 is 0 Å². The van der Waals surface area contributed by atoms with Crippen molar-refractivity contribution in [2.24, 2.45) is 0 Å². The molecule has 2 N–H and O–H groups in total. The van der Waals surface area contributed by atoms with Crippen LogP contribution in [0.1, 0.15) is 36.7 Å². The lowest BCUT2D eigenvalue weighted by molar-refractivity contribution is -0.128. The van der Waals surface area contributed by atoms with Gasteiger partial charge in [0.1, 0.15) is 11.8 Å². The van der Waals surface area contributed by atoms with E-state index in [1.54, 1.807) is 25.1 Å². The Kier molecular flexibility index (Phi) is 6.56. The molecule has 6 heteroatoms. The first-order valence-corrected chi connectivity index (χ1v) is 7.14. The van der Waals surface area contributed by atoms with Gasteiger partial charge in [0.25, 0.3) is 0 Å². The topological polar surface area (TPSA) is 84.5 Å². The Balaban J connectivity index is 2.80. The van der Waals surface area contributed by atoms with Crippen LogP contribution in [-0.4, -0.2) is 37.3 Å². The smallest absolute Gasteiger partial charge is 0.242 e. The number of hydrogen-bond acceptors (Lipinski definition) is 4. The van der Waals surface area contributed by atoms with Gasteiger partial charge in [0.05, 0.1) is 13.5 Å². The van der Waals surface area contributed by atoms with Gasteiger partial charge in [-0.2, -0.15) is 0 Å². The van der Waals surface area contributed by atoms with Gasteiger partial charge < -0.3 is 15.4 Å². The molecule has 0 aliphatic rings. The average molecular weight is 306 g/mol. The number of ketones is 1. The number of carbonyl (C=O) groups is 3. The number of ether oxygens (including phenoxy) is 1. The first-order chi connectivity index (χ1) is 10.4. The van der Waals surface area contributed by atoms with Crippen molar-refractivity contribution in [1.82, 2.24) is 10.6 Å². The highest BCUT2D eigenvalue weighted by molar-refractivity contribution is 5.95. The molecule has 0 saturated heterocycles. The third-order valence-corrected chi connectivity index (χ3v) is 3.16. The monoisotopic (exact) mass is 306 g/mol. The molecule has 0 saturated carbocycles. The maximum Gasteiger partial charge on any atom is 0.242 e. The molecule has 0 bridgehead atoms. The van der Waals surface area contributed by atoms with E-state index in [4.69, 9.17) is 4.74 Å². The average Bonchev–Trinajstić information content (AvgIpc) is 2.47. The van der Waals surface area contributed by atoms with Gasteiger partial charge in [-0.3, -0.25) is 14.4 Å². The molecule has 0 spiro atoms. The standard InChI is InChI=1S/C16H22N2O4/c1-5-17-16(21)10(2)18-15(20)9-13-8-12(11(3)19)6-7-14(13)22-4/h6-8,10H,5,9H2,1-4H3,(H,17,21)(H,18,20)/t10-/m0/s1. The van der Waals surface area contributed by atoms with E-state index in [2.05, 4.69) is 10.6 Å². The number of benzene rings is 1. The van der Waals surface area contributed by atoms with Crippen molar-refractivity contribution in [2.75, 3.05) is 13.7 Å². The SMILES string of the molecule is CCNC(=O)[C@H](C)NC(=O)Cc1cc(C(C)=O)ccc1OC. The molecule has 1 rings (SSSR count). The minimum atomic E-state index is -0.616. The zero-order valence-electron chi connectivity index (χ0n) is 13.4. The molecule has 6 nitrogen and oxygen atoms in total. The fourth-order valence-corrected chi connectivity index (χ4v) is 1.99. The van der Waals surface area contributed by atoms with Crippen molar-refractivity contribution in [3.05, 3.63) is 29.3 Å². The van der Waals surface area contributed by atoms with E-state index >= 15 is 0 Å². The van der Waals surface area contributed by atoms with Crippen molar-refractivity contribution in [2.45, 2.75) is 33.2 Å². The molecule has 1 aromatic carbocycles. The highest BCUT2D eigenvalue weighted by Gasteiger charge is 2.17. The van der Waals surface area contributed by atoms with E-state index in [-0.39, 0.29) is 24.0 Å². The normalized spacial score (nSPS) is 11.5. The van der Waals surface area contributed by atoms with Crippen LogP contribution < -0.4 is 15.4 Å². The number of carbonyl (C=O) groups excluding carboxylic acids is 3. The summed E-state index contributed by atoms with van der Waals surface area (Å²) in [5.74, 6) is -0.0936. The molecule has 0 aliphatic heterocycles. The molecule has 22 heavy (non-hydrogen) atoms. The van der Waals surface area contributed by atoms with E-state index in [0.717, 1.165) is 0 Å². The summed E-state index contributed by atoms with van der Waals surface area (Å²) in [6.07, 6.45) is 0.0358. The van der Waals surface area contributed by atoms with Crippen LogP contribution in [0.15, 0.2) is 18.2 Å². The fraction of sp³-hybridized carbons (Fsp3) is 0.438. The predicted molar refractivity (Wildman–Crippen MR) is 83.0 cm³/mol. The number of methoxy groups -OCH3 is 1. The summed E-state index contributed by atoms with van der Waals surface area (Å²) in [6, 6.07) is 4.33. The van der Waals surface area contributed by atoms with Gasteiger partial charge in [-0.1, -0.05) is 0 Å². The number of amides is 2. The lowest BCUT2D eigenvalue weighted by Gasteiger charge is -2.14. The first kappa shape index (κ1) is 17.7. The summed E-state index contributed by atoms with van der Waals surface area (Å²) in [7, 11) is 1.50. The Morgan fingerprint density at radius 2 is 1.95 bits per heavy atom. The van der Waals surface area contributed by atoms with Crippen LogP contribution in [0.2, 0.25) is 0 Å². The van der Waals surface area contributed by atoms with E-state index in [1.165, 1.54) is 14.0 Å². The highest BCUT2D eigenvalue weighted by Crippen LogP contribution is 2.20. The Morgan fingerprint density at radius 1 is 1.27 bits per heavy atom. The Labute approximate surface area is 130 Å². The number of hydrogen-bond donors (Lipinski definition) is 2. The minimum Gasteiger partial charge on any atom is -0.496 e. The van der Waals surface area contributed by atoms with Crippen LogP contribution in [0.3, 0.4) is 0 Å². The van der Waals surface area contributed by atoms with Crippen LogP contribution in [-0.2, 0) is 16.0 Å². The third kappa shape index (κ3) is 4.87. The van der Waals surface area contributed by atoms with E-state index < -0.39 is 6.04 Å². The quantitative estimate of drug-likeness (QED) is 0.738. The zero-order chi connectivity index (χ0) is 16.7. The Hall–Kier alpha value is -2.37. The maximum absolute atomic E-state index is 12.0. The summed E-state index contributed by atoms with van der Waals surface area (Å²) in [5, 5.41) is 5.26. The second-order valence-electron chi connectivity index (χ2n) is 4.94. The summed E-state index contributed by atoms with van der Waals surface area (Å²) in [6.45, 7) is 5.40. The number of Topliss-reactive ketones (excluding diaryl/α,β-unsaturated/α-hetero) is 1. The van der Waals surface area contributed by atoms with Crippen molar-refractivity contribution >= 4 is 17.6 Å². The van der Waals surface area contributed by atoms with Gasteiger partial charge in [0.2, 0.25) is 11.8 Å². The van der Waals surface area contributed by atoms with E-state index in [9.17, 15) is 14.4 Å². The fourth-order valence-electron chi connectivity index (χ4n) is 1.99. The van der Waals surface area contributed by atoms with Gasteiger partial charge in [0.15, 0.2) is 5.78 Å². The lowest BCUT2D eigenvalue weighted by Crippen LogP contribution is -2.45. The van der Waals surface area contributed by atoms with Gasteiger partial charge in [-0.25, -0.2) is 0 Å². The molecule has 0 heterocycles. The maximum atomic E-state index is 12.0. The second kappa shape index (κ2) is 8.17. The minimum absolute atomic E-state index is 0.0358. The summed E-state index contributed by atoms with van der Waals surface area (Å²) in [4.78, 5) is 35.1. The molecule has 0 aromatic heterocycles. The summed E-state index contributed by atoms with van der Waals surface area (Å²) < 4.78 is 5.20. The number of rotatable bonds is 7. The zero-order valence-corrected chi connectivity index (χ0v) is 13.4. The van der Waals surface area contributed by atoms with Crippen molar-refractivity contribution in [3.63, 3.8) is 0 Å². The van der Waals surface area contributed by atoms with Crippen LogP contribution in [0.25, 0.3) is 0 Å². The lowest BCUT2D eigenvalue weighted by atomic mass is 10.0. The van der Waals surface area contributed by atoms with Crippen LogP contribution in [0.4, 0.5) is 0 Å². The summed E-state index contributed by atoms with van der Waals surface area (Å²) in [5.41, 5.74) is 1.12. The molecule has 120 valence electrons. The number of likely N-dealkylation sites (N-methyl/N-ethyl adjacent to an activating group) is 1. The van der Waals surface area contributed by atoms with Crippen LogP contribution in [0.5, 0.6) is 5.75 Å². The van der Waals surface area contributed by atoms with E-state index in [0.29, 0.717) is 23.4 Å². The molecular weight excluding hydrogens is 284 g/mol. The van der Waals surface area contributed by atoms with Crippen molar-refractivity contribution in [1.29, 1.82) is 0 Å². The Morgan fingerprint density at radius 3 is 2.50 bits per heavy atom. The number of nitrogens with one attached hydrogen (secondary N) is 2. The first-order valence-electron chi connectivity index (χ1n) is 7.14.